The molecular formula is C39H63NO7. The lowest BCUT2D eigenvalue weighted by molar-refractivity contribution is -0.249. The first kappa shape index (κ1) is 33.4. The summed E-state index contributed by atoms with van der Waals surface area (Å²) in [6, 6.07) is 0.749. The van der Waals surface area contributed by atoms with E-state index in [0.717, 1.165) is 45.0 Å². The molecule has 0 aromatic carbocycles. The van der Waals surface area contributed by atoms with Gasteiger partial charge in [-0.2, -0.15) is 0 Å². The summed E-state index contributed by atoms with van der Waals surface area (Å²) in [5, 5.41) is 23.6. The summed E-state index contributed by atoms with van der Waals surface area (Å²) in [7, 11) is 0. The average molecular weight is 658 g/mol. The van der Waals surface area contributed by atoms with Crippen LogP contribution in [0.3, 0.4) is 0 Å². The number of fused-ring (bicyclic) bond motifs is 4. The fourth-order valence-corrected chi connectivity index (χ4v) is 14.3. The Bertz CT molecular complexity index is 1260. The Kier molecular flexibility index (Phi) is 7.55. The van der Waals surface area contributed by atoms with Gasteiger partial charge in [-0.05, 0) is 123 Å². The number of aliphatic hydroxyl groups is 2. The fraction of sp³-hybridized carbons (Fsp3) is 0.974. The Morgan fingerprint density at radius 1 is 1.00 bits per heavy atom. The summed E-state index contributed by atoms with van der Waals surface area (Å²) < 4.78 is 25.7. The van der Waals surface area contributed by atoms with E-state index in [1.165, 1.54) is 45.4 Å². The molecule has 47 heavy (non-hydrogen) atoms. The lowest BCUT2D eigenvalue weighted by Crippen LogP contribution is -2.60. The molecule has 0 aromatic rings. The Morgan fingerprint density at radius 2 is 1.70 bits per heavy atom. The lowest BCUT2D eigenvalue weighted by Gasteiger charge is -2.64. The number of rotatable bonds is 6. The number of hydrogen-bond donors (Lipinski definition) is 2. The summed E-state index contributed by atoms with van der Waals surface area (Å²) in [5.74, 6) is 1.18. The zero-order valence-electron chi connectivity index (χ0n) is 30.4. The van der Waals surface area contributed by atoms with Gasteiger partial charge in [0.25, 0.3) is 0 Å². The molecule has 2 heterocycles. The molecule has 8 aliphatic rings. The normalized spacial score (nSPS) is 52.7. The van der Waals surface area contributed by atoms with Gasteiger partial charge in [0.15, 0.2) is 12.4 Å². The van der Waals surface area contributed by atoms with Crippen molar-refractivity contribution in [3.05, 3.63) is 0 Å². The molecule has 9 unspecified atom stereocenters. The maximum absolute atomic E-state index is 12.6. The third kappa shape index (κ3) is 4.55. The van der Waals surface area contributed by atoms with Gasteiger partial charge < -0.3 is 29.2 Å². The molecule has 2 saturated heterocycles. The highest BCUT2D eigenvalue weighted by molar-refractivity contribution is 5.66. The summed E-state index contributed by atoms with van der Waals surface area (Å²) in [6.45, 7) is 19.7. The van der Waals surface area contributed by atoms with Crippen molar-refractivity contribution in [2.75, 3.05) is 19.7 Å². The van der Waals surface area contributed by atoms with Crippen LogP contribution < -0.4 is 0 Å². The number of aliphatic hydroxyl groups excluding tert-OH is 1. The van der Waals surface area contributed by atoms with Crippen molar-refractivity contribution in [2.24, 2.45) is 50.7 Å². The minimum Gasteiger partial charge on any atom is -0.457 e. The first-order chi connectivity index (χ1) is 22.0. The Morgan fingerprint density at radius 3 is 2.38 bits per heavy atom. The predicted octanol–water partition coefficient (Wildman–Crippen LogP) is 5.71. The molecule has 8 nitrogen and oxygen atoms in total. The number of carbonyl (C=O) groups excluding carboxylic acids is 1. The van der Waals surface area contributed by atoms with E-state index < -0.39 is 29.9 Å². The summed E-state index contributed by atoms with van der Waals surface area (Å²) in [4.78, 5) is 14.7. The lowest BCUT2D eigenvalue weighted by atomic mass is 9.41. The average Bonchev–Trinajstić information content (AvgIpc) is 3.91. The van der Waals surface area contributed by atoms with Crippen molar-refractivity contribution >= 4 is 5.97 Å². The molecular weight excluding hydrogens is 594 g/mol. The molecule has 8 rings (SSSR count). The van der Waals surface area contributed by atoms with E-state index in [0.29, 0.717) is 23.7 Å². The van der Waals surface area contributed by atoms with E-state index >= 15 is 0 Å². The van der Waals surface area contributed by atoms with Gasteiger partial charge in [-0.1, -0.05) is 34.6 Å². The van der Waals surface area contributed by atoms with Crippen LogP contribution in [0.1, 0.15) is 120 Å². The van der Waals surface area contributed by atoms with Gasteiger partial charge in [0.1, 0.15) is 0 Å². The van der Waals surface area contributed by atoms with Crippen molar-refractivity contribution < 1.29 is 34.0 Å². The molecule has 2 spiro atoms. The van der Waals surface area contributed by atoms with E-state index in [4.69, 9.17) is 18.9 Å². The van der Waals surface area contributed by atoms with E-state index in [1.54, 1.807) is 13.8 Å². The van der Waals surface area contributed by atoms with Crippen molar-refractivity contribution in [3.63, 3.8) is 0 Å². The predicted molar refractivity (Wildman–Crippen MR) is 177 cm³/mol. The quantitative estimate of drug-likeness (QED) is 0.351. The van der Waals surface area contributed by atoms with E-state index in [2.05, 4.69) is 39.5 Å². The van der Waals surface area contributed by atoms with Gasteiger partial charge in [-0.15, -0.1) is 0 Å². The zero-order valence-corrected chi connectivity index (χ0v) is 30.4. The number of hydrogen-bond acceptors (Lipinski definition) is 8. The van der Waals surface area contributed by atoms with Crippen LogP contribution in [0.2, 0.25) is 0 Å². The highest BCUT2D eigenvalue weighted by Gasteiger charge is 2.84. The van der Waals surface area contributed by atoms with Crippen molar-refractivity contribution in [3.8, 4) is 0 Å². The SMILES string of the molecule is CC(=O)OC(C1C[C@@H](C)[C@H]2C(O1)[C@H](O)[C@@]1(C)C3CC[C@H]4C(C)(C)C(OC5CN(C6CC6)CCO5)CCC45CC35CCC21C)C(C)(C)O. The highest BCUT2D eigenvalue weighted by Crippen LogP contribution is 2.89. The van der Waals surface area contributed by atoms with Crippen LogP contribution in [0.5, 0.6) is 0 Å². The molecule has 266 valence electrons. The van der Waals surface area contributed by atoms with Gasteiger partial charge in [0.05, 0.1) is 36.6 Å². The monoisotopic (exact) mass is 657 g/mol. The Balaban J connectivity index is 1.04. The molecule has 0 radical (unpaired) electrons. The molecule has 2 aliphatic heterocycles. The Labute approximate surface area is 283 Å². The van der Waals surface area contributed by atoms with Crippen molar-refractivity contribution in [2.45, 2.75) is 168 Å². The van der Waals surface area contributed by atoms with Crippen LogP contribution >= 0.6 is 0 Å². The maximum Gasteiger partial charge on any atom is 0.303 e. The van der Waals surface area contributed by atoms with Crippen LogP contribution in [0.15, 0.2) is 0 Å². The molecule has 8 fully saturated rings. The summed E-state index contributed by atoms with van der Waals surface area (Å²) in [5.41, 5.74) is -0.854. The first-order valence-corrected chi connectivity index (χ1v) is 19.2. The maximum atomic E-state index is 12.6. The van der Waals surface area contributed by atoms with Crippen LogP contribution in [0, 0.1) is 50.7 Å². The van der Waals surface area contributed by atoms with Gasteiger partial charge >= 0.3 is 5.97 Å². The van der Waals surface area contributed by atoms with Crippen LogP contribution in [0.4, 0.5) is 0 Å². The molecule has 2 N–H and O–H groups in total. The zero-order chi connectivity index (χ0) is 33.5. The van der Waals surface area contributed by atoms with Crippen LogP contribution in [-0.4, -0.2) is 89.2 Å². The number of esters is 1. The first-order valence-electron chi connectivity index (χ1n) is 19.2. The van der Waals surface area contributed by atoms with E-state index in [9.17, 15) is 15.0 Å². The summed E-state index contributed by atoms with van der Waals surface area (Å²) in [6.07, 6.45) is 9.65. The molecule has 0 bridgehead atoms. The van der Waals surface area contributed by atoms with E-state index in [-0.39, 0.29) is 52.0 Å². The largest absolute Gasteiger partial charge is 0.457 e. The Hall–Kier alpha value is -0.770. The second-order valence-corrected chi connectivity index (χ2v) is 19.4. The third-order valence-electron chi connectivity index (χ3n) is 16.5. The van der Waals surface area contributed by atoms with Crippen molar-refractivity contribution in [1.29, 1.82) is 0 Å². The number of nitrogens with zero attached hydrogens (tertiary/aromatic N) is 1. The van der Waals surface area contributed by atoms with Gasteiger partial charge in [-0.25, -0.2) is 0 Å². The second-order valence-electron chi connectivity index (χ2n) is 19.4. The number of morpholine rings is 1. The molecule has 0 aromatic heterocycles. The second kappa shape index (κ2) is 10.6. The minimum absolute atomic E-state index is 0.0404. The van der Waals surface area contributed by atoms with Crippen LogP contribution in [0.25, 0.3) is 0 Å². The van der Waals surface area contributed by atoms with E-state index in [1.807, 2.05) is 0 Å². The molecule has 6 saturated carbocycles. The molecule has 0 amide bonds. The fourth-order valence-electron chi connectivity index (χ4n) is 14.3. The van der Waals surface area contributed by atoms with Crippen molar-refractivity contribution in [1.82, 2.24) is 4.90 Å². The highest BCUT2D eigenvalue weighted by atomic mass is 16.7. The van der Waals surface area contributed by atoms with Gasteiger partial charge in [-0.3, -0.25) is 9.69 Å². The standard InChI is InChI=1S/C39H63NO7/c1-22-19-25(33(35(5,6)43)45-23(2)41)46-31-30(22)36(7)15-16-39-21-38(39)14-13-28(47-29-20-40(17-18-44-29)24-9-10-24)34(3,4)26(38)11-12-27(39)37(36,8)32(31)42/h22,24-33,42-43H,9-21H2,1-8H3/t22-,25?,26+,27?,28?,29?,30+,31?,32+,33?,36?,37-,38?,39?/m1/s1. The molecule has 8 heteroatoms. The van der Waals surface area contributed by atoms with Gasteiger partial charge in [0.2, 0.25) is 0 Å². The number of carbonyl (C=O) groups is 1. The smallest absolute Gasteiger partial charge is 0.303 e. The summed E-state index contributed by atoms with van der Waals surface area (Å²) >= 11 is 0. The van der Waals surface area contributed by atoms with Gasteiger partial charge in [0, 0.05) is 31.5 Å². The minimum atomic E-state index is -1.25. The molecule has 6 aliphatic carbocycles. The topological polar surface area (TPSA) is 97.7 Å². The molecule has 14 atom stereocenters. The third-order valence-corrected chi connectivity index (χ3v) is 16.5. The van der Waals surface area contributed by atoms with Crippen LogP contribution in [-0.2, 0) is 23.7 Å². The number of ether oxygens (including phenoxy) is 4.